The number of piperazine rings is 1. The van der Waals surface area contributed by atoms with Crippen LogP contribution in [0.15, 0.2) is 36.4 Å². The van der Waals surface area contributed by atoms with Gasteiger partial charge in [0.2, 0.25) is 0 Å². The van der Waals surface area contributed by atoms with E-state index in [1.807, 2.05) is 37.3 Å². The number of carbonyl (C=O) groups excluding carboxylic acids is 2. The van der Waals surface area contributed by atoms with Crippen molar-refractivity contribution in [2.45, 2.75) is 13.8 Å². The Morgan fingerprint density at radius 2 is 1.91 bits per heavy atom. The van der Waals surface area contributed by atoms with E-state index in [1.165, 1.54) is 6.92 Å². The molecule has 8 heteroatoms. The summed E-state index contributed by atoms with van der Waals surface area (Å²) in [5.41, 5.74) is 4.01. The van der Waals surface area contributed by atoms with Crippen LogP contribution in [0.3, 0.4) is 0 Å². The third-order valence-corrected chi connectivity index (χ3v) is 5.92. The van der Waals surface area contributed by atoms with Gasteiger partial charge in [-0.15, -0.1) is 0 Å². The minimum absolute atomic E-state index is 0.246. The van der Waals surface area contributed by atoms with Gasteiger partial charge in [0, 0.05) is 56.2 Å². The summed E-state index contributed by atoms with van der Waals surface area (Å²) in [5, 5.41) is 1.48. The Morgan fingerprint density at radius 3 is 2.59 bits per heavy atom. The highest BCUT2D eigenvalue weighted by molar-refractivity contribution is 6.33. The van der Waals surface area contributed by atoms with E-state index in [2.05, 4.69) is 19.8 Å². The van der Waals surface area contributed by atoms with E-state index in [1.54, 1.807) is 6.07 Å². The molecule has 0 bridgehead atoms. The molecule has 166 valence electrons. The molecule has 0 radical (unpaired) electrons. The SMILES string of the molecule is CC(=O)OCCN1CCN(c2ccc(-c3nc(C)nc4ccc(C=O)cc34)cc2Cl)CC1. The summed E-state index contributed by atoms with van der Waals surface area (Å²) in [6.45, 7) is 7.89. The number of anilines is 1. The molecule has 2 aromatic carbocycles. The predicted octanol–water partition coefficient (Wildman–Crippen LogP) is 3.76. The lowest BCUT2D eigenvalue weighted by atomic mass is 10.0. The van der Waals surface area contributed by atoms with Crippen molar-refractivity contribution in [1.82, 2.24) is 14.9 Å². The van der Waals surface area contributed by atoms with Crippen molar-refractivity contribution in [2.75, 3.05) is 44.2 Å². The minimum atomic E-state index is -0.246. The molecular formula is C24H25ClN4O3. The van der Waals surface area contributed by atoms with E-state index in [-0.39, 0.29) is 5.97 Å². The highest BCUT2D eigenvalue weighted by Gasteiger charge is 2.20. The van der Waals surface area contributed by atoms with Gasteiger partial charge in [-0.05, 0) is 37.3 Å². The fraction of sp³-hybridized carbons (Fsp3) is 0.333. The van der Waals surface area contributed by atoms with E-state index < -0.39 is 0 Å². The number of aromatic nitrogens is 2. The fourth-order valence-corrected chi connectivity index (χ4v) is 4.30. The Bertz CT molecular complexity index is 1160. The van der Waals surface area contributed by atoms with Gasteiger partial charge in [-0.3, -0.25) is 14.5 Å². The summed E-state index contributed by atoms with van der Waals surface area (Å²) < 4.78 is 5.04. The molecular weight excluding hydrogens is 428 g/mol. The summed E-state index contributed by atoms with van der Waals surface area (Å²) in [7, 11) is 0. The van der Waals surface area contributed by atoms with Gasteiger partial charge in [-0.25, -0.2) is 9.97 Å². The maximum Gasteiger partial charge on any atom is 0.302 e. The Kier molecular flexibility index (Phi) is 6.67. The molecule has 32 heavy (non-hydrogen) atoms. The molecule has 0 spiro atoms. The van der Waals surface area contributed by atoms with Crippen molar-refractivity contribution in [3.8, 4) is 11.3 Å². The van der Waals surface area contributed by atoms with Crippen molar-refractivity contribution in [2.24, 2.45) is 0 Å². The van der Waals surface area contributed by atoms with E-state index in [0.717, 1.165) is 66.9 Å². The van der Waals surface area contributed by atoms with Crippen molar-refractivity contribution < 1.29 is 14.3 Å². The molecule has 0 saturated carbocycles. The molecule has 3 aromatic rings. The Morgan fingerprint density at radius 1 is 1.12 bits per heavy atom. The predicted molar refractivity (Wildman–Crippen MR) is 125 cm³/mol. The maximum atomic E-state index is 11.3. The summed E-state index contributed by atoms with van der Waals surface area (Å²) in [5.74, 6) is 0.418. The van der Waals surface area contributed by atoms with Crippen molar-refractivity contribution in [3.63, 3.8) is 0 Å². The van der Waals surface area contributed by atoms with E-state index in [4.69, 9.17) is 16.3 Å². The molecule has 7 nitrogen and oxygen atoms in total. The lowest BCUT2D eigenvalue weighted by Crippen LogP contribution is -2.47. The standard InChI is InChI=1S/C24H25ClN4O3/c1-16-26-22-5-3-18(15-30)13-20(22)24(27-16)19-4-6-23(21(25)14-19)29-9-7-28(8-10-29)11-12-32-17(2)31/h3-6,13-15H,7-12H2,1-2H3. The van der Waals surface area contributed by atoms with Crippen molar-refractivity contribution in [1.29, 1.82) is 0 Å². The topological polar surface area (TPSA) is 75.6 Å². The number of aldehydes is 1. The number of aryl methyl sites for hydroxylation is 1. The van der Waals surface area contributed by atoms with E-state index >= 15 is 0 Å². The van der Waals surface area contributed by atoms with Crippen LogP contribution in [-0.2, 0) is 9.53 Å². The van der Waals surface area contributed by atoms with Gasteiger partial charge in [-0.2, -0.15) is 0 Å². The van der Waals surface area contributed by atoms with Gasteiger partial charge in [0.1, 0.15) is 18.7 Å². The van der Waals surface area contributed by atoms with Crippen LogP contribution in [0, 0.1) is 6.92 Å². The second kappa shape index (κ2) is 9.63. The minimum Gasteiger partial charge on any atom is -0.465 e. The Balaban J connectivity index is 1.53. The van der Waals surface area contributed by atoms with Crippen molar-refractivity contribution >= 4 is 40.4 Å². The first-order valence-corrected chi connectivity index (χ1v) is 11.0. The van der Waals surface area contributed by atoms with Gasteiger partial charge in [0.25, 0.3) is 0 Å². The molecule has 0 unspecified atom stereocenters. The van der Waals surface area contributed by atoms with Gasteiger partial charge >= 0.3 is 5.97 Å². The first kappa shape index (κ1) is 22.2. The first-order valence-electron chi connectivity index (χ1n) is 10.6. The zero-order chi connectivity index (χ0) is 22.7. The molecule has 1 aromatic heterocycles. The van der Waals surface area contributed by atoms with Crippen LogP contribution in [0.25, 0.3) is 22.2 Å². The lowest BCUT2D eigenvalue weighted by molar-refractivity contribution is -0.141. The molecule has 0 amide bonds. The molecule has 1 saturated heterocycles. The Labute approximate surface area is 192 Å². The quantitative estimate of drug-likeness (QED) is 0.416. The van der Waals surface area contributed by atoms with Crippen LogP contribution < -0.4 is 4.90 Å². The van der Waals surface area contributed by atoms with Crippen LogP contribution in [0.2, 0.25) is 5.02 Å². The highest BCUT2D eigenvalue weighted by Crippen LogP contribution is 2.34. The second-order valence-electron chi connectivity index (χ2n) is 7.85. The van der Waals surface area contributed by atoms with Gasteiger partial charge in [0.05, 0.1) is 21.9 Å². The molecule has 0 N–H and O–H groups in total. The highest BCUT2D eigenvalue weighted by atomic mass is 35.5. The van der Waals surface area contributed by atoms with Crippen LogP contribution in [0.4, 0.5) is 5.69 Å². The number of esters is 1. The largest absolute Gasteiger partial charge is 0.465 e. The zero-order valence-electron chi connectivity index (χ0n) is 18.2. The van der Waals surface area contributed by atoms with Crippen LogP contribution >= 0.6 is 11.6 Å². The van der Waals surface area contributed by atoms with Crippen LogP contribution in [-0.4, -0.2) is 66.5 Å². The number of ether oxygens (including phenoxy) is 1. The third kappa shape index (κ3) is 4.89. The van der Waals surface area contributed by atoms with Gasteiger partial charge in [0.15, 0.2) is 0 Å². The van der Waals surface area contributed by atoms with Crippen LogP contribution in [0.5, 0.6) is 0 Å². The number of fused-ring (bicyclic) bond motifs is 1. The molecule has 4 rings (SSSR count). The Hall–Kier alpha value is -3.03. The maximum absolute atomic E-state index is 11.3. The summed E-state index contributed by atoms with van der Waals surface area (Å²) in [6.07, 6.45) is 0.824. The first-order chi connectivity index (χ1) is 15.4. The monoisotopic (exact) mass is 452 g/mol. The zero-order valence-corrected chi connectivity index (χ0v) is 18.9. The van der Waals surface area contributed by atoms with Crippen LogP contribution in [0.1, 0.15) is 23.1 Å². The summed E-state index contributed by atoms with van der Waals surface area (Å²) in [4.78, 5) is 35.9. The molecule has 1 fully saturated rings. The van der Waals surface area contributed by atoms with Crippen molar-refractivity contribution in [3.05, 3.63) is 52.8 Å². The number of carbonyl (C=O) groups is 2. The number of benzene rings is 2. The van der Waals surface area contributed by atoms with E-state index in [0.29, 0.717) is 23.0 Å². The second-order valence-corrected chi connectivity index (χ2v) is 8.26. The number of hydrogen-bond acceptors (Lipinski definition) is 7. The summed E-state index contributed by atoms with van der Waals surface area (Å²) >= 11 is 6.70. The fourth-order valence-electron chi connectivity index (χ4n) is 4.00. The number of nitrogens with zero attached hydrogens (tertiary/aromatic N) is 4. The van der Waals surface area contributed by atoms with Gasteiger partial charge < -0.3 is 9.64 Å². The van der Waals surface area contributed by atoms with E-state index in [9.17, 15) is 9.59 Å². The molecule has 0 aliphatic carbocycles. The average molecular weight is 453 g/mol. The average Bonchev–Trinajstić information content (AvgIpc) is 2.78. The van der Waals surface area contributed by atoms with Gasteiger partial charge in [-0.1, -0.05) is 17.7 Å². The molecule has 1 aliphatic heterocycles. The lowest BCUT2D eigenvalue weighted by Gasteiger charge is -2.36. The number of hydrogen-bond donors (Lipinski definition) is 0. The normalized spacial score (nSPS) is 14.5. The molecule has 1 aliphatic rings. The molecule has 0 atom stereocenters. The molecule has 2 heterocycles. The third-order valence-electron chi connectivity index (χ3n) is 5.61. The number of halogens is 1. The summed E-state index contributed by atoms with van der Waals surface area (Å²) in [6, 6.07) is 11.4. The number of rotatable bonds is 6. The smallest absolute Gasteiger partial charge is 0.302 e.